The van der Waals surface area contributed by atoms with E-state index in [-0.39, 0.29) is 35.5 Å². The van der Waals surface area contributed by atoms with Gasteiger partial charge in [-0.15, -0.1) is 0 Å². The normalized spacial score (nSPS) is 24.1. The molecule has 4 aliphatic rings. The summed E-state index contributed by atoms with van der Waals surface area (Å²) in [7, 11) is 0. The molecule has 34 heavy (non-hydrogen) atoms. The lowest BCUT2D eigenvalue weighted by Gasteiger charge is -2.45. The second kappa shape index (κ2) is 6.91. The highest BCUT2D eigenvalue weighted by Crippen LogP contribution is 2.61. The summed E-state index contributed by atoms with van der Waals surface area (Å²) in [6.07, 6.45) is 0. The number of hydrogen-bond donors (Lipinski definition) is 1. The van der Waals surface area contributed by atoms with Gasteiger partial charge in [0, 0.05) is 17.5 Å². The third-order valence-electron chi connectivity index (χ3n) is 7.82. The van der Waals surface area contributed by atoms with Gasteiger partial charge >= 0.3 is 0 Å². The molecular formula is C30H22N2O2. The van der Waals surface area contributed by atoms with Crippen molar-refractivity contribution in [2.24, 2.45) is 11.8 Å². The van der Waals surface area contributed by atoms with Crippen LogP contribution in [0.3, 0.4) is 0 Å². The van der Waals surface area contributed by atoms with Gasteiger partial charge < -0.3 is 5.73 Å². The predicted molar refractivity (Wildman–Crippen MR) is 132 cm³/mol. The van der Waals surface area contributed by atoms with Gasteiger partial charge in [-0.05, 0) is 57.6 Å². The fourth-order valence-corrected chi connectivity index (χ4v) is 6.41. The number of nitrogens with two attached hydrogens (primary N) is 1. The second-order valence-corrected chi connectivity index (χ2v) is 9.45. The molecule has 4 aromatic rings. The van der Waals surface area contributed by atoms with Crippen molar-refractivity contribution in [3.63, 3.8) is 0 Å². The number of rotatable bonds is 2. The van der Waals surface area contributed by atoms with E-state index in [4.69, 9.17) is 5.73 Å². The summed E-state index contributed by atoms with van der Waals surface area (Å²) in [5, 5.41) is 0. The van der Waals surface area contributed by atoms with Crippen molar-refractivity contribution < 1.29 is 9.59 Å². The third-order valence-corrected chi connectivity index (χ3v) is 7.82. The fraction of sp³-hybridized carbons (Fsp3) is 0.133. The van der Waals surface area contributed by atoms with Gasteiger partial charge in [0.15, 0.2) is 0 Å². The molecule has 1 saturated heterocycles. The summed E-state index contributed by atoms with van der Waals surface area (Å²) in [6, 6.07) is 32.0. The molecule has 4 nitrogen and oxygen atoms in total. The van der Waals surface area contributed by atoms with E-state index >= 15 is 0 Å². The minimum Gasteiger partial charge on any atom is -0.399 e. The van der Waals surface area contributed by atoms with Crippen LogP contribution in [0, 0.1) is 11.8 Å². The molecule has 1 fully saturated rings. The lowest BCUT2D eigenvalue weighted by molar-refractivity contribution is -0.122. The Hall–Kier alpha value is -4.18. The number of imide groups is 1. The number of anilines is 2. The number of nitrogen functional groups attached to an aromatic ring is 1. The van der Waals surface area contributed by atoms with Crippen LogP contribution in [0.1, 0.15) is 34.1 Å². The predicted octanol–water partition coefficient (Wildman–Crippen LogP) is 5.33. The molecule has 164 valence electrons. The molecule has 1 heterocycles. The van der Waals surface area contributed by atoms with Crippen molar-refractivity contribution in [3.8, 4) is 11.1 Å². The van der Waals surface area contributed by atoms with E-state index in [0.29, 0.717) is 11.4 Å². The summed E-state index contributed by atoms with van der Waals surface area (Å²) >= 11 is 0. The van der Waals surface area contributed by atoms with Crippen LogP contribution in [0.4, 0.5) is 11.4 Å². The molecule has 2 bridgehead atoms. The Balaban J connectivity index is 1.31. The summed E-state index contributed by atoms with van der Waals surface area (Å²) < 4.78 is 0. The first-order valence-corrected chi connectivity index (χ1v) is 11.6. The number of nitrogens with zero attached hydrogens (tertiary/aromatic N) is 1. The van der Waals surface area contributed by atoms with Gasteiger partial charge in [0.1, 0.15) is 0 Å². The van der Waals surface area contributed by atoms with Crippen LogP contribution in [-0.2, 0) is 9.59 Å². The number of amides is 2. The molecule has 2 atom stereocenters. The molecule has 0 radical (unpaired) electrons. The lowest BCUT2D eigenvalue weighted by atomic mass is 9.55. The van der Waals surface area contributed by atoms with Gasteiger partial charge in [0.25, 0.3) is 0 Å². The minimum atomic E-state index is -0.362. The van der Waals surface area contributed by atoms with Crippen LogP contribution in [0.5, 0.6) is 0 Å². The van der Waals surface area contributed by atoms with Gasteiger partial charge in [-0.1, -0.05) is 72.8 Å². The average molecular weight is 443 g/mol. The molecule has 4 heteroatoms. The SMILES string of the molecule is Nc1ccc(-c2ccc(N3C(=O)C4C5c6ccccc6C(c6ccccc65)C4C3=O)cc2)cc1. The maximum atomic E-state index is 13.8. The fourth-order valence-electron chi connectivity index (χ4n) is 6.41. The Morgan fingerprint density at radius 3 is 1.32 bits per heavy atom. The lowest BCUT2D eigenvalue weighted by Crippen LogP contribution is -2.41. The van der Waals surface area contributed by atoms with Crippen molar-refractivity contribution in [1.29, 1.82) is 0 Å². The first-order chi connectivity index (χ1) is 16.6. The highest BCUT2D eigenvalue weighted by Gasteiger charge is 2.61. The zero-order valence-electron chi connectivity index (χ0n) is 18.4. The maximum absolute atomic E-state index is 13.8. The Bertz CT molecular complexity index is 1360. The molecule has 1 aliphatic heterocycles. The largest absolute Gasteiger partial charge is 0.399 e. The van der Waals surface area contributed by atoms with E-state index in [1.165, 1.54) is 27.2 Å². The number of hydrogen-bond acceptors (Lipinski definition) is 3. The Morgan fingerprint density at radius 2 is 0.912 bits per heavy atom. The van der Waals surface area contributed by atoms with Crippen LogP contribution < -0.4 is 10.6 Å². The van der Waals surface area contributed by atoms with Crippen LogP contribution >= 0.6 is 0 Å². The summed E-state index contributed by atoms with van der Waals surface area (Å²) in [4.78, 5) is 29.1. The molecule has 2 amide bonds. The summed E-state index contributed by atoms with van der Waals surface area (Å²) in [6.45, 7) is 0. The first-order valence-electron chi connectivity index (χ1n) is 11.6. The molecule has 0 saturated carbocycles. The second-order valence-electron chi connectivity index (χ2n) is 9.45. The Morgan fingerprint density at radius 1 is 0.529 bits per heavy atom. The number of carbonyl (C=O) groups is 2. The molecule has 2 unspecified atom stereocenters. The zero-order valence-corrected chi connectivity index (χ0v) is 18.4. The summed E-state index contributed by atoms with van der Waals surface area (Å²) in [5.41, 5.74) is 14.0. The van der Waals surface area contributed by atoms with E-state index in [1.54, 1.807) is 0 Å². The van der Waals surface area contributed by atoms with Gasteiger partial charge in [0.2, 0.25) is 11.8 Å². The third kappa shape index (κ3) is 2.48. The quantitative estimate of drug-likeness (QED) is 0.337. The van der Waals surface area contributed by atoms with E-state index < -0.39 is 0 Å². The highest BCUT2D eigenvalue weighted by atomic mass is 16.2. The van der Waals surface area contributed by atoms with Gasteiger partial charge in [-0.25, -0.2) is 4.90 Å². The maximum Gasteiger partial charge on any atom is 0.238 e. The van der Waals surface area contributed by atoms with Crippen molar-refractivity contribution in [1.82, 2.24) is 0 Å². The molecular weight excluding hydrogens is 420 g/mol. The minimum absolute atomic E-state index is 0.0853. The summed E-state index contributed by atoms with van der Waals surface area (Å²) in [5.74, 6) is -1.07. The topological polar surface area (TPSA) is 63.4 Å². The van der Waals surface area contributed by atoms with Crippen molar-refractivity contribution in [2.45, 2.75) is 11.8 Å². The first kappa shape index (κ1) is 19.3. The van der Waals surface area contributed by atoms with Gasteiger partial charge in [0.05, 0.1) is 17.5 Å². The Kier molecular flexibility index (Phi) is 3.92. The van der Waals surface area contributed by atoms with Crippen molar-refractivity contribution in [3.05, 3.63) is 119 Å². The van der Waals surface area contributed by atoms with Crippen LogP contribution in [0.25, 0.3) is 11.1 Å². The number of carbonyl (C=O) groups excluding carboxylic acids is 2. The monoisotopic (exact) mass is 442 g/mol. The Labute approximate surface area is 197 Å². The molecule has 0 spiro atoms. The van der Waals surface area contributed by atoms with Crippen LogP contribution in [-0.4, -0.2) is 11.8 Å². The standard InChI is InChI=1S/C30H22N2O2/c31-19-13-9-17(10-14-19)18-11-15-20(16-12-18)32-29(33)27-25-21-5-1-2-6-22(21)26(28(27)30(32)34)24-8-4-3-7-23(24)25/h1-16,25-28H,31H2. The molecule has 4 aromatic carbocycles. The van der Waals surface area contributed by atoms with Crippen molar-refractivity contribution in [2.75, 3.05) is 10.6 Å². The average Bonchev–Trinajstić information content (AvgIpc) is 3.15. The smallest absolute Gasteiger partial charge is 0.238 e. The van der Waals surface area contributed by atoms with E-state index in [2.05, 4.69) is 24.3 Å². The number of benzene rings is 4. The molecule has 0 aromatic heterocycles. The molecule has 2 N–H and O–H groups in total. The van der Waals surface area contributed by atoms with E-state index in [1.807, 2.05) is 72.8 Å². The van der Waals surface area contributed by atoms with Crippen LogP contribution in [0.15, 0.2) is 97.1 Å². The van der Waals surface area contributed by atoms with Crippen LogP contribution in [0.2, 0.25) is 0 Å². The highest BCUT2D eigenvalue weighted by molar-refractivity contribution is 6.23. The van der Waals surface area contributed by atoms with Gasteiger partial charge in [-0.3, -0.25) is 9.59 Å². The zero-order chi connectivity index (χ0) is 23.0. The molecule has 3 aliphatic carbocycles. The van der Waals surface area contributed by atoms with E-state index in [9.17, 15) is 9.59 Å². The molecule has 8 rings (SSSR count). The van der Waals surface area contributed by atoms with E-state index in [0.717, 1.165) is 11.1 Å². The van der Waals surface area contributed by atoms with Gasteiger partial charge in [-0.2, -0.15) is 0 Å². The van der Waals surface area contributed by atoms with Crippen molar-refractivity contribution >= 4 is 23.2 Å².